The lowest BCUT2D eigenvalue weighted by Crippen LogP contribution is -2.05. The first kappa shape index (κ1) is 11.1. The molecule has 0 saturated heterocycles. The summed E-state index contributed by atoms with van der Waals surface area (Å²) in [7, 11) is 0. The lowest BCUT2D eigenvalue weighted by atomic mass is 9.90. The smallest absolute Gasteiger partial charge is 0.150 e. The summed E-state index contributed by atoms with van der Waals surface area (Å²) >= 11 is 3.38. The van der Waals surface area contributed by atoms with Crippen LogP contribution in [0.2, 0.25) is 0 Å². The van der Waals surface area contributed by atoms with E-state index in [-0.39, 0.29) is 0 Å². The fourth-order valence-corrected chi connectivity index (χ4v) is 2.24. The summed E-state index contributed by atoms with van der Waals surface area (Å²) in [6.07, 6.45) is 6.90. The van der Waals surface area contributed by atoms with Crippen LogP contribution in [-0.4, -0.2) is 11.6 Å². The van der Waals surface area contributed by atoms with Crippen molar-refractivity contribution in [2.75, 3.05) is 5.33 Å². The van der Waals surface area contributed by atoms with Gasteiger partial charge in [-0.1, -0.05) is 58.4 Å². The molecule has 0 bridgehead atoms. The summed E-state index contributed by atoms with van der Waals surface area (Å²) in [5, 5.41) is 0.728. The lowest BCUT2D eigenvalue weighted by Gasteiger charge is -2.16. The van der Waals surface area contributed by atoms with Crippen molar-refractivity contribution in [3.63, 3.8) is 0 Å². The molecule has 1 nitrogen and oxygen atoms in total. The summed E-state index contributed by atoms with van der Waals surface area (Å²) in [4.78, 5) is 10.6. The molecule has 1 aliphatic carbocycles. The Morgan fingerprint density at radius 1 is 1.12 bits per heavy atom. The van der Waals surface area contributed by atoms with Crippen LogP contribution in [0.5, 0.6) is 0 Å². The number of benzene rings is 1. The quantitative estimate of drug-likeness (QED) is 0.607. The van der Waals surface area contributed by atoms with Gasteiger partial charge in [0.15, 0.2) is 0 Å². The van der Waals surface area contributed by atoms with Crippen LogP contribution in [0, 0.1) is 0 Å². The molecule has 80 valence electrons. The average Bonchev–Trinajstić information content (AvgIpc) is 2.30. The highest BCUT2D eigenvalue weighted by Crippen LogP contribution is 2.28. The predicted octanol–water partition coefficient (Wildman–Crippen LogP) is 3.53. The monoisotopic (exact) mass is 274 g/mol. The molecule has 1 aromatic rings. The molecular weight excluding hydrogens is 264 g/mol. The number of carbonyl (C=O) groups is 1. The van der Waals surface area contributed by atoms with Crippen molar-refractivity contribution in [3.05, 3.63) is 64.8 Å². The summed E-state index contributed by atoms with van der Waals surface area (Å²) in [6.45, 7) is 0. The Balaban J connectivity index is 2.12. The summed E-state index contributed by atoms with van der Waals surface area (Å²) in [5.74, 6) is 0. The topological polar surface area (TPSA) is 17.1 Å². The Kier molecular flexibility index (Phi) is 3.52. The van der Waals surface area contributed by atoms with Gasteiger partial charge >= 0.3 is 0 Å². The van der Waals surface area contributed by atoms with E-state index in [9.17, 15) is 4.79 Å². The van der Waals surface area contributed by atoms with E-state index in [4.69, 9.17) is 0 Å². The van der Waals surface area contributed by atoms with Crippen molar-refractivity contribution in [2.45, 2.75) is 0 Å². The fourth-order valence-electron chi connectivity index (χ4n) is 1.59. The molecule has 0 spiro atoms. The van der Waals surface area contributed by atoms with Crippen LogP contribution in [0.15, 0.2) is 59.2 Å². The molecular formula is C14H11BrO. The van der Waals surface area contributed by atoms with E-state index in [1.165, 1.54) is 0 Å². The Morgan fingerprint density at radius 3 is 2.50 bits per heavy atom. The number of carbonyl (C=O) groups excluding carboxylic acids is 1. The summed E-state index contributed by atoms with van der Waals surface area (Å²) in [5.41, 5.74) is 4.17. The maximum absolute atomic E-state index is 10.6. The SMILES string of the molecule is O=CC1=CC(/C=C/c2ccccc2)=C1CBr. The van der Waals surface area contributed by atoms with E-state index in [1.807, 2.05) is 42.5 Å². The third-order valence-corrected chi connectivity index (χ3v) is 3.08. The van der Waals surface area contributed by atoms with Crippen molar-refractivity contribution in [3.8, 4) is 0 Å². The summed E-state index contributed by atoms with van der Waals surface area (Å²) < 4.78 is 0. The van der Waals surface area contributed by atoms with E-state index in [0.29, 0.717) is 0 Å². The van der Waals surface area contributed by atoms with Crippen molar-refractivity contribution in [1.29, 1.82) is 0 Å². The number of rotatable bonds is 4. The number of hydrogen-bond acceptors (Lipinski definition) is 1. The second-order valence-electron chi connectivity index (χ2n) is 3.53. The zero-order valence-electron chi connectivity index (χ0n) is 8.69. The molecule has 2 heteroatoms. The Bertz CT molecular complexity index is 481. The largest absolute Gasteiger partial charge is 0.298 e. The van der Waals surface area contributed by atoms with Crippen LogP contribution in [0.1, 0.15) is 5.56 Å². The van der Waals surface area contributed by atoms with Gasteiger partial charge in [-0.15, -0.1) is 0 Å². The molecule has 0 aliphatic heterocycles. The van der Waals surface area contributed by atoms with Crippen molar-refractivity contribution in [2.24, 2.45) is 0 Å². The van der Waals surface area contributed by atoms with Crippen LogP contribution < -0.4 is 0 Å². The first-order chi connectivity index (χ1) is 7.85. The minimum absolute atomic E-state index is 0.728. The third-order valence-electron chi connectivity index (χ3n) is 2.52. The zero-order valence-corrected chi connectivity index (χ0v) is 10.3. The normalized spacial score (nSPS) is 14.9. The maximum atomic E-state index is 10.6. The maximum Gasteiger partial charge on any atom is 0.150 e. The van der Waals surface area contributed by atoms with Gasteiger partial charge in [-0.05, 0) is 22.8 Å². The van der Waals surface area contributed by atoms with Crippen LogP contribution in [0.3, 0.4) is 0 Å². The Labute approximate surface area is 103 Å². The van der Waals surface area contributed by atoms with E-state index in [2.05, 4.69) is 22.0 Å². The van der Waals surface area contributed by atoms with Gasteiger partial charge in [-0.3, -0.25) is 4.79 Å². The van der Waals surface area contributed by atoms with E-state index in [1.54, 1.807) is 0 Å². The molecule has 1 aromatic carbocycles. The lowest BCUT2D eigenvalue weighted by molar-refractivity contribution is -0.104. The number of halogens is 1. The Morgan fingerprint density at radius 2 is 1.88 bits per heavy atom. The Hall–Kier alpha value is -1.41. The minimum Gasteiger partial charge on any atom is -0.298 e. The van der Waals surface area contributed by atoms with Gasteiger partial charge in [0.2, 0.25) is 0 Å². The van der Waals surface area contributed by atoms with Crippen molar-refractivity contribution in [1.82, 2.24) is 0 Å². The van der Waals surface area contributed by atoms with Crippen LogP contribution >= 0.6 is 15.9 Å². The molecule has 1 aliphatic rings. The van der Waals surface area contributed by atoms with Crippen LogP contribution in [-0.2, 0) is 4.79 Å². The molecule has 0 heterocycles. The molecule has 0 saturated carbocycles. The molecule has 0 aromatic heterocycles. The van der Waals surface area contributed by atoms with Crippen molar-refractivity contribution < 1.29 is 4.79 Å². The molecule has 0 unspecified atom stereocenters. The van der Waals surface area contributed by atoms with Gasteiger partial charge in [0.1, 0.15) is 6.29 Å². The van der Waals surface area contributed by atoms with Gasteiger partial charge in [0, 0.05) is 10.9 Å². The second kappa shape index (κ2) is 5.08. The number of allylic oxidation sites excluding steroid dienone is 5. The highest BCUT2D eigenvalue weighted by atomic mass is 79.9. The fraction of sp³-hybridized carbons (Fsp3) is 0.0714. The number of aldehydes is 1. The predicted molar refractivity (Wildman–Crippen MR) is 70.4 cm³/mol. The van der Waals surface area contributed by atoms with Gasteiger partial charge < -0.3 is 0 Å². The zero-order chi connectivity index (χ0) is 11.4. The standard InChI is InChI=1S/C14H11BrO/c15-9-14-12(8-13(14)10-16)7-6-11-4-2-1-3-5-11/h1-8,10H,9H2/b7-6+. The highest BCUT2D eigenvalue weighted by Gasteiger charge is 2.15. The number of alkyl halides is 1. The third kappa shape index (κ3) is 2.22. The molecule has 0 atom stereocenters. The highest BCUT2D eigenvalue weighted by molar-refractivity contribution is 9.09. The van der Waals surface area contributed by atoms with Gasteiger partial charge in [-0.25, -0.2) is 0 Å². The average molecular weight is 275 g/mol. The number of hydrogen-bond donors (Lipinski definition) is 0. The molecule has 0 N–H and O–H groups in total. The van der Waals surface area contributed by atoms with E-state index in [0.717, 1.165) is 33.9 Å². The van der Waals surface area contributed by atoms with Gasteiger partial charge in [0.05, 0.1) is 0 Å². The van der Waals surface area contributed by atoms with Crippen LogP contribution in [0.4, 0.5) is 0 Å². The van der Waals surface area contributed by atoms with E-state index >= 15 is 0 Å². The minimum atomic E-state index is 0.728. The molecule has 0 fully saturated rings. The molecule has 0 amide bonds. The molecule has 2 rings (SSSR count). The first-order valence-electron chi connectivity index (χ1n) is 5.04. The molecule has 16 heavy (non-hydrogen) atoms. The first-order valence-corrected chi connectivity index (χ1v) is 6.17. The van der Waals surface area contributed by atoms with Crippen LogP contribution in [0.25, 0.3) is 6.08 Å². The van der Waals surface area contributed by atoms with Gasteiger partial charge in [-0.2, -0.15) is 0 Å². The van der Waals surface area contributed by atoms with Gasteiger partial charge in [0.25, 0.3) is 0 Å². The van der Waals surface area contributed by atoms with E-state index < -0.39 is 0 Å². The van der Waals surface area contributed by atoms with Crippen molar-refractivity contribution >= 4 is 28.3 Å². The summed E-state index contributed by atoms with van der Waals surface area (Å²) in [6, 6.07) is 10.1. The molecule has 0 radical (unpaired) electrons. The second-order valence-corrected chi connectivity index (χ2v) is 4.09.